The maximum atomic E-state index is 13.2. The van der Waals surface area contributed by atoms with Crippen LogP contribution in [-0.4, -0.2) is 29.7 Å². The van der Waals surface area contributed by atoms with Crippen molar-refractivity contribution < 1.29 is 4.39 Å². The van der Waals surface area contributed by atoms with Gasteiger partial charge in [0.25, 0.3) is 0 Å². The molecule has 0 unspecified atom stereocenters. The van der Waals surface area contributed by atoms with Crippen LogP contribution in [0, 0.1) is 0 Å². The minimum absolute atomic E-state index is 0.134. The Morgan fingerprint density at radius 3 is 2.50 bits per heavy atom. The highest BCUT2D eigenvalue weighted by atomic mass is 19.1. The van der Waals surface area contributed by atoms with Crippen molar-refractivity contribution in [2.45, 2.75) is 51.7 Å². The van der Waals surface area contributed by atoms with Gasteiger partial charge in [-0.3, -0.25) is 4.90 Å². The number of rotatable bonds is 0. The molecule has 0 aromatic rings. The minimum atomic E-state index is -0.605. The topological polar surface area (TPSA) is 3.24 Å². The number of hydrogen-bond acceptors (Lipinski definition) is 1. The fourth-order valence-corrected chi connectivity index (χ4v) is 1.70. The van der Waals surface area contributed by atoms with E-state index in [1.807, 2.05) is 0 Å². The Balaban J connectivity index is 2.52. The second kappa shape index (κ2) is 3.73. The summed E-state index contributed by atoms with van der Waals surface area (Å²) in [5.74, 6) is 0. The number of hydrogen-bond donors (Lipinski definition) is 0. The van der Waals surface area contributed by atoms with Gasteiger partial charge in [0.2, 0.25) is 0 Å². The minimum Gasteiger partial charge on any atom is -0.296 e. The van der Waals surface area contributed by atoms with Crippen molar-refractivity contribution in [3.8, 4) is 0 Å². The molecule has 1 rings (SSSR count). The van der Waals surface area contributed by atoms with Crippen LogP contribution in [0.25, 0.3) is 0 Å². The zero-order valence-electron chi connectivity index (χ0n) is 8.44. The van der Waals surface area contributed by atoms with Crippen LogP contribution in [0.4, 0.5) is 4.39 Å². The summed E-state index contributed by atoms with van der Waals surface area (Å²) < 4.78 is 13.2. The number of alkyl halides is 1. The zero-order chi connectivity index (χ0) is 9.19. The van der Waals surface area contributed by atoms with Gasteiger partial charge >= 0.3 is 0 Å². The molecule has 72 valence electrons. The quantitative estimate of drug-likeness (QED) is 0.544. The summed E-state index contributed by atoms with van der Waals surface area (Å²) in [7, 11) is 0. The molecule has 1 saturated heterocycles. The third-order valence-electron chi connectivity index (χ3n) is 2.56. The molecule has 0 amide bonds. The molecule has 1 nitrogen and oxygen atoms in total. The van der Waals surface area contributed by atoms with Crippen molar-refractivity contribution in [1.29, 1.82) is 0 Å². The molecule has 0 saturated carbocycles. The normalized spacial score (nSPS) is 28.5. The first kappa shape index (κ1) is 9.97. The van der Waals surface area contributed by atoms with Crippen LogP contribution in [0.2, 0.25) is 0 Å². The van der Waals surface area contributed by atoms with Gasteiger partial charge in [-0.05, 0) is 46.6 Å². The summed E-state index contributed by atoms with van der Waals surface area (Å²) in [5.41, 5.74) is 0.134. The number of halogens is 1. The molecule has 1 aliphatic heterocycles. The van der Waals surface area contributed by atoms with Gasteiger partial charge in [0, 0.05) is 12.1 Å². The van der Waals surface area contributed by atoms with Gasteiger partial charge in [-0.2, -0.15) is 0 Å². The van der Waals surface area contributed by atoms with E-state index in [4.69, 9.17) is 0 Å². The summed E-state index contributed by atoms with van der Waals surface area (Å²) in [6.07, 6.45) is 2.35. The van der Waals surface area contributed by atoms with E-state index >= 15 is 0 Å². The predicted molar refractivity (Wildman–Crippen MR) is 50.1 cm³/mol. The molecule has 0 bridgehead atoms. The van der Waals surface area contributed by atoms with Crippen LogP contribution in [0.15, 0.2) is 0 Å². The molecule has 0 radical (unpaired) electrons. The average molecular weight is 173 g/mol. The van der Waals surface area contributed by atoms with Crippen LogP contribution in [0.5, 0.6) is 0 Å². The SMILES string of the molecule is CC(C)(C)N1CCCC[C@H](F)C1. The molecule has 1 fully saturated rings. The van der Waals surface area contributed by atoms with Crippen molar-refractivity contribution in [3.05, 3.63) is 0 Å². The second-order valence-corrected chi connectivity index (χ2v) is 4.71. The van der Waals surface area contributed by atoms with Crippen molar-refractivity contribution >= 4 is 0 Å². The predicted octanol–water partition coefficient (Wildman–Crippen LogP) is 2.61. The number of nitrogens with zero attached hydrogens (tertiary/aromatic N) is 1. The third-order valence-corrected chi connectivity index (χ3v) is 2.56. The molecule has 1 heterocycles. The van der Waals surface area contributed by atoms with E-state index in [9.17, 15) is 4.39 Å². The van der Waals surface area contributed by atoms with Gasteiger partial charge in [0.1, 0.15) is 6.17 Å². The van der Waals surface area contributed by atoms with Gasteiger partial charge in [-0.15, -0.1) is 0 Å². The maximum Gasteiger partial charge on any atom is 0.113 e. The Labute approximate surface area is 74.9 Å². The first-order chi connectivity index (χ1) is 5.50. The smallest absolute Gasteiger partial charge is 0.113 e. The average Bonchev–Trinajstić information content (AvgIpc) is 2.11. The monoisotopic (exact) mass is 173 g/mol. The van der Waals surface area contributed by atoms with Crippen LogP contribution in [-0.2, 0) is 0 Å². The molecule has 0 spiro atoms. The van der Waals surface area contributed by atoms with Gasteiger partial charge in [-0.25, -0.2) is 4.39 Å². The molecule has 1 aliphatic rings. The molecule has 0 aromatic carbocycles. The molecule has 2 heteroatoms. The first-order valence-corrected chi connectivity index (χ1v) is 4.89. The van der Waals surface area contributed by atoms with Crippen molar-refractivity contribution in [3.63, 3.8) is 0 Å². The Morgan fingerprint density at radius 1 is 1.25 bits per heavy atom. The molecule has 0 aliphatic carbocycles. The van der Waals surface area contributed by atoms with E-state index in [0.717, 1.165) is 25.8 Å². The third kappa shape index (κ3) is 2.74. The Morgan fingerprint density at radius 2 is 1.92 bits per heavy atom. The van der Waals surface area contributed by atoms with E-state index in [1.165, 1.54) is 0 Å². The van der Waals surface area contributed by atoms with Crippen molar-refractivity contribution in [1.82, 2.24) is 4.90 Å². The van der Waals surface area contributed by atoms with Crippen molar-refractivity contribution in [2.24, 2.45) is 0 Å². The molecular weight excluding hydrogens is 153 g/mol. The highest BCUT2D eigenvalue weighted by Gasteiger charge is 2.25. The fraction of sp³-hybridized carbons (Fsp3) is 1.00. The fourth-order valence-electron chi connectivity index (χ4n) is 1.70. The highest BCUT2D eigenvalue weighted by molar-refractivity contribution is 4.80. The summed E-state index contributed by atoms with van der Waals surface area (Å²) in [6, 6.07) is 0. The summed E-state index contributed by atoms with van der Waals surface area (Å²) in [4.78, 5) is 2.25. The summed E-state index contributed by atoms with van der Waals surface area (Å²) in [5, 5.41) is 0. The lowest BCUT2D eigenvalue weighted by molar-refractivity contribution is 0.110. The Hall–Kier alpha value is -0.110. The molecule has 0 aromatic heterocycles. The first-order valence-electron chi connectivity index (χ1n) is 4.89. The molecule has 12 heavy (non-hydrogen) atoms. The Bertz CT molecular complexity index is 139. The van der Waals surface area contributed by atoms with Crippen LogP contribution >= 0.6 is 0 Å². The number of likely N-dealkylation sites (tertiary alicyclic amines) is 1. The largest absolute Gasteiger partial charge is 0.296 e. The zero-order valence-corrected chi connectivity index (χ0v) is 8.44. The van der Waals surface area contributed by atoms with Gasteiger partial charge < -0.3 is 0 Å². The lowest BCUT2D eigenvalue weighted by atomic mass is 10.1. The van der Waals surface area contributed by atoms with Crippen molar-refractivity contribution in [2.75, 3.05) is 13.1 Å². The van der Waals surface area contributed by atoms with E-state index < -0.39 is 6.17 Å². The summed E-state index contributed by atoms with van der Waals surface area (Å²) >= 11 is 0. The van der Waals surface area contributed by atoms with Gasteiger partial charge in [0.15, 0.2) is 0 Å². The lowest BCUT2D eigenvalue weighted by Crippen LogP contribution is -2.44. The van der Waals surface area contributed by atoms with E-state index in [0.29, 0.717) is 6.54 Å². The molecule has 0 N–H and O–H groups in total. The lowest BCUT2D eigenvalue weighted by Gasteiger charge is -2.35. The van der Waals surface area contributed by atoms with Gasteiger partial charge in [0.05, 0.1) is 0 Å². The van der Waals surface area contributed by atoms with Crippen LogP contribution in [0.1, 0.15) is 40.0 Å². The van der Waals surface area contributed by atoms with E-state index in [2.05, 4.69) is 25.7 Å². The summed E-state index contributed by atoms with van der Waals surface area (Å²) in [6.45, 7) is 8.16. The maximum absolute atomic E-state index is 13.2. The highest BCUT2D eigenvalue weighted by Crippen LogP contribution is 2.20. The van der Waals surface area contributed by atoms with Crippen LogP contribution in [0.3, 0.4) is 0 Å². The Kier molecular flexibility index (Phi) is 3.10. The van der Waals surface area contributed by atoms with E-state index in [1.54, 1.807) is 0 Å². The second-order valence-electron chi connectivity index (χ2n) is 4.71. The standard InChI is InChI=1S/C10H20FN/c1-10(2,3)12-7-5-4-6-9(11)8-12/h9H,4-8H2,1-3H3/t9-/m0/s1. The molecule has 1 atom stereocenters. The van der Waals surface area contributed by atoms with Crippen LogP contribution < -0.4 is 0 Å². The molecular formula is C10H20FN. The van der Waals surface area contributed by atoms with Gasteiger partial charge in [-0.1, -0.05) is 0 Å². The van der Waals surface area contributed by atoms with E-state index in [-0.39, 0.29) is 5.54 Å².